The zero-order chi connectivity index (χ0) is 18.6. The number of hydrogen-bond donors (Lipinski definition) is 2. The van der Waals surface area contributed by atoms with Crippen molar-refractivity contribution in [1.29, 1.82) is 0 Å². The fraction of sp³-hybridized carbons (Fsp3) is 0.111. The molecule has 2 aromatic carbocycles. The second-order valence-corrected chi connectivity index (χ2v) is 5.90. The monoisotopic (exact) mass is 364 g/mol. The first-order chi connectivity index (χ1) is 13.3. The molecular weight excluding hydrogens is 348 g/mol. The van der Waals surface area contributed by atoms with Crippen molar-refractivity contribution in [3.63, 3.8) is 0 Å². The van der Waals surface area contributed by atoms with Crippen molar-refractivity contribution in [3.05, 3.63) is 82.8 Å². The van der Waals surface area contributed by atoms with Crippen molar-refractivity contribution in [1.82, 2.24) is 19.4 Å². The van der Waals surface area contributed by atoms with Gasteiger partial charge in [0.15, 0.2) is 0 Å². The van der Waals surface area contributed by atoms with Gasteiger partial charge in [-0.15, -0.1) is 0 Å². The molecule has 27 heavy (non-hydrogen) atoms. The standard InChI is InChI=1S/C18H16N6O3/c25-19-15-16(20-26)24(12-14-9-5-2-6-10-14)18-17(21-27-22-18)23(15)11-13-7-3-1-4-8-13/h1-10,25-26H,11-12H2/b19-15+,20-16+. The van der Waals surface area contributed by atoms with Crippen molar-refractivity contribution >= 4 is 11.3 Å². The summed E-state index contributed by atoms with van der Waals surface area (Å²) in [6, 6.07) is 19.1. The Bertz CT molecular complexity index is 1100. The van der Waals surface area contributed by atoms with Crippen molar-refractivity contribution in [2.45, 2.75) is 13.1 Å². The van der Waals surface area contributed by atoms with Crippen LogP contribution in [0.15, 0.2) is 75.6 Å². The van der Waals surface area contributed by atoms with Gasteiger partial charge in [0, 0.05) is 0 Å². The van der Waals surface area contributed by atoms with Crippen LogP contribution in [0.1, 0.15) is 11.1 Å². The van der Waals surface area contributed by atoms with Crippen LogP contribution in [-0.2, 0) is 13.1 Å². The Morgan fingerprint density at radius 2 is 1.11 bits per heavy atom. The second-order valence-electron chi connectivity index (χ2n) is 5.90. The first-order valence-electron chi connectivity index (χ1n) is 8.21. The highest BCUT2D eigenvalue weighted by atomic mass is 16.6. The number of aromatic nitrogens is 4. The number of hydrogen-bond acceptors (Lipinski definition) is 7. The second kappa shape index (κ2) is 7.16. The van der Waals surface area contributed by atoms with Crippen LogP contribution >= 0.6 is 0 Å². The summed E-state index contributed by atoms with van der Waals surface area (Å²) < 4.78 is 8.09. The smallest absolute Gasteiger partial charge is 0.224 e. The van der Waals surface area contributed by atoms with E-state index in [4.69, 9.17) is 4.63 Å². The van der Waals surface area contributed by atoms with E-state index in [0.29, 0.717) is 24.4 Å². The Morgan fingerprint density at radius 1 is 0.704 bits per heavy atom. The zero-order valence-electron chi connectivity index (χ0n) is 14.2. The van der Waals surface area contributed by atoms with Gasteiger partial charge in [0.1, 0.15) is 0 Å². The summed E-state index contributed by atoms with van der Waals surface area (Å²) in [6.45, 7) is 0.666. The molecule has 4 rings (SSSR count). The Kier molecular flexibility index (Phi) is 4.40. The molecule has 2 aromatic heterocycles. The molecule has 0 fully saturated rings. The third kappa shape index (κ3) is 3.06. The summed E-state index contributed by atoms with van der Waals surface area (Å²) >= 11 is 0. The number of fused-ring (bicyclic) bond motifs is 1. The van der Waals surface area contributed by atoms with Crippen molar-refractivity contribution in [2.75, 3.05) is 0 Å². The number of nitrogens with zero attached hydrogens (tertiary/aromatic N) is 6. The Hall–Kier alpha value is -3.88. The van der Waals surface area contributed by atoms with Crippen LogP contribution in [0.2, 0.25) is 0 Å². The predicted octanol–water partition coefficient (Wildman–Crippen LogP) is 1.50. The highest BCUT2D eigenvalue weighted by Crippen LogP contribution is 2.10. The maximum Gasteiger partial charge on any atom is 0.224 e. The van der Waals surface area contributed by atoms with E-state index < -0.39 is 0 Å². The van der Waals surface area contributed by atoms with Crippen LogP contribution < -0.4 is 11.0 Å². The molecule has 9 nitrogen and oxygen atoms in total. The molecular formula is C18H16N6O3. The normalized spacial score (nSPS) is 12.7. The van der Waals surface area contributed by atoms with E-state index in [2.05, 4.69) is 20.6 Å². The topological polar surface area (TPSA) is 114 Å². The van der Waals surface area contributed by atoms with Crippen LogP contribution in [0.4, 0.5) is 0 Å². The molecule has 2 N–H and O–H groups in total. The van der Waals surface area contributed by atoms with Crippen molar-refractivity contribution in [3.8, 4) is 0 Å². The van der Waals surface area contributed by atoms with Gasteiger partial charge in [0.05, 0.1) is 13.1 Å². The summed E-state index contributed by atoms with van der Waals surface area (Å²) in [6.07, 6.45) is 0. The van der Waals surface area contributed by atoms with Gasteiger partial charge in [-0.25, -0.2) is 4.63 Å². The van der Waals surface area contributed by atoms with Gasteiger partial charge < -0.3 is 10.4 Å². The third-order valence-electron chi connectivity index (χ3n) is 4.23. The Balaban J connectivity index is 1.97. The third-order valence-corrected chi connectivity index (χ3v) is 4.23. The van der Waals surface area contributed by atoms with Gasteiger partial charge >= 0.3 is 0 Å². The van der Waals surface area contributed by atoms with Crippen LogP contribution in [0.3, 0.4) is 0 Å². The molecule has 0 unspecified atom stereocenters. The summed E-state index contributed by atoms with van der Waals surface area (Å²) in [7, 11) is 0. The fourth-order valence-electron chi connectivity index (χ4n) is 2.99. The van der Waals surface area contributed by atoms with E-state index in [-0.39, 0.29) is 11.0 Å². The minimum absolute atomic E-state index is 0.0421. The maximum absolute atomic E-state index is 9.64. The number of rotatable bonds is 4. The summed E-state index contributed by atoms with van der Waals surface area (Å²) in [5, 5.41) is 33.9. The SMILES string of the molecule is O/N=c1\c(=N/O)n(Cc2ccccc2)c2nonc2n1Cc1ccccc1. The lowest BCUT2D eigenvalue weighted by molar-refractivity contribution is 0.273. The fourth-order valence-corrected chi connectivity index (χ4v) is 2.99. The molecule has 136 valence electrons. The first kappa shape index (κ1) is 16.6. The molecule has 0 aliphatic heterocycles. The lowest BCUT2D eigenvalue weighted by Crippen LogP contribution is -2.44. The Labute approximate surface area is 152 Å². The zero-order valence-corrected chi connectivity index (χ0v) is 14.2. The van der Waals surface area contributed by atoms with Crippen LogP contribution in [-0.4, -0.2) is 29.9 Å². The quantitative estimate of drug-likeness (QED) is 0.421. The van der Waals surface area contributed by atoms with Crippen molar-refractivity contribution < 1.29 is 15.0 Å². The van der Waals surface area contributed by atoms with Gasteiger partial charge in [-0.05, 0) is 21.4 Å². The van der Waals surface area contributed by atoms with E-state index in [1.54, 1.807) is 9.13 Å². The van der Waals surface area contributed by atoms with Gasteiger partial charge in [-0.1, -0.05) is 71.0 Å². The highest BCUT2D eigenvalue weighted by molar-refractivity contribution is 5.64. The van der Waals surface area contributed by atoms with Gasteiger partial charge in [0.2, 0.25) is 22.3 Å². The van der Waals surface area contributed by atoms with Crippen LogP contribution in [0.25, 0.3) is 11.3 Å². The molecule has 4 aromatic rings. The first-order valence-corrected chi connectivity index (χ1v) is 8.21. The lowest BCUT2D eigenvalue weighted by Gasteiger charge is -2.12. The summed E-state index contributed by atoms with van der Waals surface area (Å²) in [5.74, 6) is 0. The molecule has 0 aliphatic rings. The Morgan fingerprint density at radius 3 is 1.48 bits per heavy atom. The minimum atomic E-state index is 0.0421. The van der Waals surface area contributed by atoms with Gasteiger partial charge in [0.25, 0.3) is 0 Å². The minimum Gasteiger partial charge on any atom is -0.409 e. The molecule has 2 heterocycles. The maximum atomic E-state index is 9.64. The average Bonchev–Trinajstić information content (AvgIpc) is 3.21. The average molecular weight is 364 g/mol. The molecule has 0 bridgehead atoms. The lowest BCUT2D eigenvalue weighted by atomic mass is 10.2. The summed E-state index contributed by atoms with van der Waals surface area (Å²) in [5.41, 5.74) is 2.72. The molecule has 0 saturated carbocycles. The number of benzene rings is 2. The van der Waals surface area contributed by atoms with Crippen LogP contribution in [0, 0.1) is 0 Å². The largest absolute Gasteiger partial charge is 0.409 e. The van der Waals surface area contributed by atoms with E-state index in [1.807, 2.05) is 60.7 Å². The van der Waals surface area contributed by atoms with E-state index in [1.165, 1.54) is 0 Å². The van der Waals surface area contributed by atoms with E-state index in [9.17, 15) is 10.4 Å². The molecule has 0 saturated heterocycles. The van der Waals surface area contributed by atoms with E-state index >= 15 is 0 Å². The van der Waals surface area contributed by atoms with Gasteiger partial charge in [-0.3, -0.25) is 9.13 Å². The van der Waals surface area contributed by atoms with Gasteiger partial charge in [-0.2, -0.15) is 0 Å². The summed E-state index contributed by atoms with van der Waals surface area (Å²) in [4.78, 5) is 0. The van der Waals surface area contributed by atoms with Crippen LogP contribution in [0.5, 0.6) is 0 Å². The molecule has 0 atom stereocenters. The molecule has 0 spiro atoms. The molecule has 0 amide bonds. The molecule has 9 heteroatoms. The molecule has 0 aliphatic carbocycles. The molecule has 0 radical (unpaired) electrons. The predicted molar refractivity (Wildman–Crippen MR) is 93.6 cm³/mol. The van der Waals surface area contributed by atoms with E-state index in [0.717, 1.165) is 11.1 Å². The van der Waals surface area contributed by atoms with Crippen molar-refractivity contribution in [2.24, 2.45) is 10.3 Å². The highest BCUT2D eigenvalue weighted by Gasteiger charge is 2.17.